The Labute approximate surface area is 126 Å². The van der Waals surface area contributed by atoms with Gasteiger partial charge in [-0.3, -0.25) is 4.79 Å². The maximum absolute atomic E-state index is 13.1. The fraction of sp³-hybridized carbons (Fsp3) is 0.0714. The third-order valence-corrected chi connectivity index (χ3v) is 3.75. The molecule has 0 spiro atoms. The highest BCUT2D eigenvalue weighted by Gasteiger charge is 2.16. The van der Waals surface area contributed by atoms with Crippen molar-refractivity contribution in [3.63, 3.8) is 0 Å². The number of hydrogen-bond acceptors (Lipinski definition) is 4. The number of primary sulfonamides is 1. The fourth-order valence-corrected chi connectivity index (χ4v) is 2.53. The fourth-order valence-electron chi connectivity index (χ4n) is 1.81. The van der Waals surface area contributed by atoms with E-state index in [0.717, 1.165) is 6.07 Å². The number of nitrogens with two attached hydrogens (primary N) is 1. The van der Waals surface area contributed by atoms with Crippen LogP contribution in [0, 0.1) is 5.82 Å². The topological polar surface area (TPSA) is 98.5 Å². The highest BCUT2D eigenvalue weighted by molar-refractivity contribution is 7.89. The van der Waals surface area contributed by atoms with E-state index in [1.165, 1.54) is 43.5 Å². The first-order valence-electron chi connectivity index (χ1n) is 6.09. The molecular formula is C14H13FN2O4S. The first-order chi connectivity index (χ1) is 10.3. The smallest absolute Gasteiger partial charge is 0.255 e. The zero-order valence-electron chi connectivity index (χ0n) is 11.5. The molecule has 0 radical (unpaired) electrons. The van der Waals surface area contributed by atoms with Crippen LogP contribution in [0.5, 0.6) is 5.75 Å². The summed E-state index contributed by atoms with van der Waals surface area (Å²) in [7, 11) is -2.71. The molecule has 2 aromatic rings. The number of halogens is 1. The molecule has 2 aromatic carbocycles. The van der Waals surface area contributed by atoms with Gasteiger partial charge in [-0.25, -0.2) is 17.9 Å². The number of hydrogen-bond donors (Lipinski definition) is 2. The average Bonchev–Trinajstić information content (AvgIpc) is 2.46. The lowest BCUT2D eigenvalue weighted by Crippen LogP contribution is -2.16. The van der Waals surface area contributed by atoms with Crippen molar-refractivity contribution in [1.29, 1.82) is 0 Å². The van der Waals surface area contributed by atoms with Crippen LogP contribution in [-0.4, -0.2) is 21.4 Å². The highest BCUT2D eigenvalue weighted by atomic mass is 32.2. The number of sulfonamides is 1. The molecule has 0 bridgehead atoms. The van der Waals surface area contributed by atoms with Crippen molar-refractivity contribution in [3.05, 3.63) is 53.8 Å². The zero-order valence-corrected chi connectivity index (χ0v) is 12.4. The van der Waals surface area contributed by atoms with Crippen LogP contribution < -0.4 is 15.2 Å². The van der Waals surface area contributed by atoms with Gasteiger partial charge in [0.1, 0.15) is 16.5 Å². The summed E-state index contributed by atoms with van der Waals surface area (Å²) in [4.78, 5) is 11.7. The number of carbonyl (C=O) groups excluding carboxylic acids is 1. The number of methoxy groups -OCH3 is 1. The molecule has 6 nitrogen and oxygen atoms in total. The summed E-state index contributed by atoms with van der Waals surface area (Å²) in [6, 6.07) is 9.09. The Balaban J connectivity index is 2.33. The lowest BCUT2D eigenvalue weighted by molar-refractivity contribution is 0.102. The van der Waals surface area contributed by atoms with Crippen molar-refractivity contribution in [2.75, 3.05) is 12.4 Å². The molecule has 3 N–H and O–H groups in total. The number of amides is 1. The van der Waals surface area contributed by atoms with E-state index >= 15 is 0 Å². The lowest BCUT2D eigenvalue weighted by Gasteiger charge is -2.10. The van der Waals surface area contributed by atoms with Crippen LogP contribution in [0.3, 0.4) is 0 Å². The van der Waals surface area contributed by atoms with Gasteiger partial charge in [0.25, 0.3) is 5.91 Å². The number of benzene rings is 2. The average molecular weight is 324 g/mol. The van der Waals surface area contributed by atoms with Crippen LogP contribution in [0.15, 0.2) is 47.4 Å². The summed E-state index contributed by atoms with van der Waals surface area (Å²) in [6.45, 7) is 0. The number of ether oxygens (including phenoxy) is 1. The third-order valence-electron chi connectivity index (χ3n) is 2.81. The maximum Gasteiger partial charge on any atom is 0.255 e. The minimum absolute atomic E-state index is 0.0613. The van der Waals surface area contributed by atoms with Gasteiger partial charge in [-0.1, -0.05) is 6.07 Å². The predicted octanol–water partition coefficient (Wildman–Crippen LogP) is 1.73. The summed E-state index contributed by atoms with van der Waals surface area (Å²) in [6.07, 6.45) is 0. The van der Waals surface area contributed by atoms with E-state index in [0.29, 0.717) is 0 Å². The van der Waals surface area contributed by atoms with Crippen LogP contribution in [0.4, 0.5) is 10.1 Å². The molecule has 0 heterocycles. The quantitative estimate of drug-likeness (QED) is 0.895. The maximum atomic E-state index is 13.1. The Morgan fingerprint density at radius 3 is 2.55 bits per heavy atom. The van der Waals surface area contributed by atoms with E-state index in [2.05, 4.69) is 5.32 Å². The summed E-state index contributed by atoms with van der Waals surface area (Å²) < 4.78 is 41.0. The van der Waals surface area contributed by atoms with Gasteiger partial charge in [-0.2, -0.15) is 0 Å². The van der Waals surface area contributed by atoms with Gasteiger partial charge in [0.2, 0.25) is 10.0 Å². The largest absolute Gasteiger partial charge is 0.495 e. The Kier molecular flexibility index (Phi) is 4.43. The van der Waals surface area contributed by atoms with Gasteiger partial charge in [0, 0.05) is 11.3 Å². The second kappa shape index (κ2) is 6.12. The van der Waals surface area contributed by atoms with Crippen molar-refractivity contribution in [2.45, 2.75) is 4.90 Å². The molecule has 2 rings (SSSR count). The number of anilines is 1. The van der Waals surface area contributed by atoms with Crippen LogP contribution in [0.1, 0.15) is 10.4 Å². The molecule has 0 aliphatic carbocycles. The first kappa shape index (κ1) is 15.9. The van der Waals surface area contributed by atoms with E-state index in [-0.39, 0.29) is 21.9 Å². The number of carbonyl (C=O) groups is 1. The molecule has 22 heavy (non-hydrogen) atoms. The molecule has 116 valence electrons. The standard InChI is InChI=1S/C14H13FN2O4S/c1-21-12-6-5-11(8-13(12)22(16,19)20)17-14(18)9-3-2-4-10(15)7-9/h2-8H,1H3,(H,17,18)(H2,16,19,20). The van der Waals surface area contributed by atoms with Crippen molar-refractivity contribution in [2.24, 2.45) is 5.14 Å². The zero-order chi connectivity index (χ0) is 16.3. The molecule has 0 fully saturated rings. The second-order valence-corrected chi connectivity index (χ2v) is 5.90. The Hall–Kier alpha value is -2.45. The molecule has 1 amide bonds. The van der Waals surface area contributed by atoms with Crippen molar-refractivity contribution in [3.8, 4) is 5.75 Å². The SMILES string of the molecule is COc1ccc(NC(=O)c2cccc(F)c2)cc1S(N)(=O)=O. The normalized spacial score (nSPS) is 11.0. The van der Waals surface area contributed by atoms with Gasteiger partial charge >= 0.3 is 0 Å². The number of nitrogens with one attached hydrogen (secondary N) is 1. The van der Waals surface area contributed by atoms with Gasteiger partial charge in [0.05, 0.1) is 7.11 Å². The van der Waals surface area contributed by atoms with Crippen LogP contribution in [0.2, 0.25) is 0 Å². The van der Waals surface area contributed by atoms with Gasteiger partial charge in [-0.05, 0) is 36.4 Å². The molecular weight excluding hydrogens is 311 g/mol. The molecule has 0 aliphatic heterocycles. The molecule has 0 aromatic heterocycles. The third kappa shape index (κ3) is 3.60. The molecule has 0 unspecified atom stereocenters. The second-order valence-electron chi connectivity index (χ2n) is 4.38. The summed E-state index contributed by atoms with van der Waals surface area (Å²) in [5, 5.41) is 7.56. The molecule has 0 saturated heterocycles. The van der Waals surface area contributed by atoms with Crippen LogP contribution in [-0.2, 0) is 10.0 Å². The van der Waals surface area contributed by atoms with E-state index in [1.807, 2.05) is 0 Å². The Morgan fingerprint density at radius 2 is 1.95 bits per heavy atom. The van der Waals surface area contributed by atoms with Gasteiger partial charge in [-0.15, -0.1) is 0 Å². The summed E-state index contributed by atoms with van der Waals surface area (Å²) in [5.74, 6) is -1.07. The van der Waals surface area contributed by atoms with Crippen molar-refractivity contribution < 1.29 is 22.3 Å². The van der Waals surface area contributed by atoms with Gasteiger partial charge in [0.15, 0.2) is 0 Å². The minimum atomic E-state index is -4.01. The summed E-state index contributed by atoms with van der Waals surface area (Å²) >= 11 is 0. The minimum Gasteiger partial charge on any atom is -0.495 e. The van der Waals surface area contributed by atoms with Crippen LogP contribution >= 0.6 is 0 Å². The molecule has 8 heteroatoms. The first-order valence-corrected chi connectivity index (χ1v) is 7.63. The Morgan fingerprint density at radius 1 is 1.23 bits per heavy atom. The van der Waals surface area contributed by atoms with E-state index in [1.54, 1.807) is 0 Å². The molecule has 0 aliphatic rings. The van der Waals surface area contributed by atoms with E-state index in [9.17, 15) is 17.6 Å². The molecule has 0 atom stereocenters. The van der Waals surface area contributed by atoms with Gasteiger partial charge < -0.3 is 10.1 Å². The predicted molar refractivity (Wildman–Crippen MR) is 78.7 cm³/mol. The highest BCUT2D eigenvalue weighted by Crippen LogP contribution is 2.26. The van der Waals surface area contributed by atoms with Crippen LogP contribution in [0.25, 0.3) is 0 Å². The van der Waals surface area contributed by atoms with Crippen molar-refractivity contribution >= 4 is 21.6 Å². The number of rotatable bonds is 4. The Bertz CT molecular complexity index is 821. The molecule has 0 saturated carbocycles. The monoisotopic (exact) mass is 324 g/mol. The van der Waals surface area contributed by atoms with E-state index in [4.69, 9.17) is 9.88 Å². The summed E-state index contributed by atoms with van der Waals surface area (Å²) in [5.41, 5.74) is 0.298. The van der Waals surface area contributed by atoms with E-state index < -0.39 is 21.7 Å². The lowest BCUT2D eigenvalue weighted by atomic mass is 10.2. The van der Waals surface area contributed by atoms with Crippen molar-refractivity contribution in [1.82, 2.24) is 0 Å².